The SMILES string of the molecule is CN1C(=O)C[C@H](C(=O)NCC(=O)C2(C)CCCC2)[C@H]1c1nccn1C. The summed E-state index contributed by atoms with van der Waals surface area (Å²) in [6.07, 6.45) is 7.52. The zero-order chi connectivity index (χ0) is 18.2. The number of aryl methyl sites for hydroxylation is 1. The molecule has 136 valence electrons. The lowest BCUT2D eigenvalue weighted by Gasteiger charge is -2.25. The van der Waals surface area contributed by atoms with Crippen molar-refractivity contribution in [2.45, 2.75) is 45.1 Å². The number of imidazole rings is 1. The van der Waals surface area contributed by atoms with Crippen LogP contribution in [0.5, 0.6) is 0 Å². The molecule has 1 aliphatic heterocycles. The first kappa shape index (κ1) is 17.6. The van der Waals surface area contributed by atoms with Crippen LogP contribution in [0.1, 0.15) is 50.9 Å². The van der Waals surface area contributed by atoms with E-state index in [4.69, 9.17) is 0 Å². The predicted octanol–water partition coefficient (Wildman–Crippen LogP) is 1.21. The standard InChI is InChI=1S/C18H26N4O3/c1-18(6-4-5-7-18)13(23)11-20-17(25)12-10-14(24)22(3)15(12)16-19-8-9-21(16)2/h8-9,12,15H,4-7,10-11H2,1-3H3,(H,20,25)/t12-,15-/m0/s1. The van der Waals surface area contributed by atoms with Gasteiger partial charge in [0.25, 0.3) is 0 Å². The number of Topliss-reactive ketones (excluding diaryl/α,β-unsaturated/α-hetero) is 1. The minimum Gasteiger partial charge on any atom is -0.349 e. The third-order valence-electron chi connectivity index (χ3n) is 5.85. The van der Waals surface area contributed by atoms with E-state index < -0.39 is 12.0 Å². The van der Waals surface area contributed by atoms with E-state index in [1.165, 1.54) is 0 Å². The molecule has 2 atom stereocenters. The third kappa shape index (κ3) is 3.19. The molecule has 0 aromatic carbocycles. The van der Waals surface area contributed by atoms with Crippen molar-refractivity contribution >= 4 is 17.6 Å². The van der Waals surface area contributed by atoms with Gasteiger partial charge in [-0.1, -0.05) is 19.8 Å². The maximum absolute atomic E-state index is 12.7. The number of hydrogen-bond donors (Lipinski definition) is 1. The number of amides is 2. The summed E-state index contributed by atoms with van der Waals surface area (Å²) in [5.74, 6) is -0.0854. The molecule has 2 aliphatic rings. The fourth-order valence-electron chi connectivity index (χ4n) is 4.07. The smallest absolute Gasteiger partial charge is 0.226 e. The van der Waals surface area contributed by atoms with Crippen molar-refractivity contribution in [1.29, 1.82) is 0 Å². The van der Waals surface area contributed by atoms with Gasteiger partial charge < -0.3 is 14.8 Å². The zero-order valence-electron chi connectivity index (χ0n) is 15.1. The van der Waals surface area contributed by atoms with Crippen LogP contribution in [-0.4, -0.2) is 45.6 Å². The van der Waals surface area contributed by atoms with Crippen LogP contribution in [0.15, 0.2) is 12.4 Å². The van der Waals surface area contributed by atoms with Crippen LogP contribution in [-0.2, 0) is 21.4 Å². The summed E-state index contributed by atoms with van der Waals surface area (Å²) < 4.78 is 1.82. The molecular formula is C18H26N4O3. The average Bonchev–Trinajstić information content (AvgIpc) is 3.27. The Balaban J connectivity index is 1.69. The highest BCUT2D eigenvalue weighted by molar-refractivity contribution is 5.93. The van der Waals surface area contributed by atoms with Crippen LogP contribution in [0, 0.1) is 11.3 Å². The normalized spacial score (nSPS) is 25.4. The van der Waals surface area contributed by atoms with E-state index in [0.717, 1.165) is 25.7 Å². The maximum atomic E-state index is 12.7. The highest BCUT2D eigenvalue weighted by Crippen LogP contribution is 2.38. The van der Waals surface area contributed by atoms with Gasteiger partial charge in [-0.15, -0.1) is 0 Å². The van der Waals surface area contributed by atoms with Crippen molar-refractivity contribution in [2.75, 3.05) is 13.6 Å². The van der Waals surface area contributed by atoms with Crippen LogP contribution < -0.4 is 5.32 Å². The molecule has 25 heavy (non-hydrogen) atoms. The highest BCUT2D eigenvalue weighted by atomic mass is 16.2. The first-order valence-corrected chi connectivity index (χ1v) is 8.87. The molecule has 2 amide bonds. The Hall–Kier alpha value is -2.18. The summed E-state index contributed by atoms with van der Waals surface area (Å²) in [5, 5.41) is 2.77. The Bertz CT molecular complexity index is 690. The fourth-order valence-corrected chi connectivity index (χ4v) is 4.07. The molecule has 1 aliphatic carbocycles. The van der Waals surface area contributed by atoms with E-state index in [1.54, 1.807) is 24.3 Å². The third-order valence-corrected chi connectivity index (χ3v) is 5.85. The van der Waals surface area contributed by atoms with Gasteiger partial charge in [0.15, 0.2) is 5.78 Å². The lowest BCUT2D eigenvalue weighted by Crippen LogP contribution is -2.41. The minimum atomic E-state index is -0.525. The van der Waals surface area contributed by atoms with E-state index in [1.807, 2.05) is 18.5 Å². The number of carbonyl (C=O) groups is 3. The topological polar surface area (TPSA) is 84.3 Å². The van der Waals surface area contributed by atoms with Gasteiger partial charge in [-0.05, 0) is 12.8 Å². The molecule has 7 nitrogen and oxygen atoms in total. The van der Waals surface area contributed by atoms with Crippen LogP contribution in [0.4, 0.5) is 0 Å². The molecule has 0 bridgehead atoms. The van der Waals surface area contributed by atoms with Gasteiger partial charge in [0, 0.05) is 38.3 Å². The molecule has 2 heterocycles. The van der Waals surface area contributed by atoms with Crippen molar-refractivity contribution in [3.8, 4) is 0 Å². The Morgan fingerprint density at radius 3 is 2.60 bits per heavy atom. The second-order valence-electron chi connectivity index (χ2n) is 7.57. The van der Waals surface area contributed by atoms with Gasteiger partial charge in [-0.2, -0.15) is 0 Å². The van der Waals surface area contributed by atoms with Crippen LogP contribution in [0.3, 0.4) is 0 Å². The molecule has 1 saturated carbocycles. The first-order chi connectivity index (χ1) is 11.8. The quantitative estimate of drug-likeness (QED) is 0.868. The molecule has 2 fully saturated rings. The van der Waals surface area contributed by atoms with Crippen molar-refractivity contribution < 1.29 is 14.4 Å². The summed E-state index contributed by atoms with van der Waals surface area (Å²) in [4.78, 5) is 43.2. The largest absolute Gasteiger partial charge is 0.349 e. The summed E-state index contributed by atoms with van der Waals surface area (Å²) in [7, 11) is 3.54. The predicted molar refractivity (Wildman–Crippen MR) is 91.4 cm³/mol. The lowest BCUT2D eigenvalue weighted by atomic mass is 9.84. The minimum absolute atomic E-state index is 0.0387. The molecule has 1 saturated heterocycles. The fraction of sp³-hybridized carbons (Fsp3) is 0.667. The summed E-state index contributed by atoms with van der Waals surface area (Å²) in [6, 6.07) is -0.398. The average molecular weight is 346 g/mol. The zero-order valence-corrected chi connectivity index (χ0v) is 15.1. The Labute approximate surface area is 147 Å². The van der Waals surface area contributed by atoms with E-state index in [9.17, 15) is 14.4 Å². The summed E-state index contributed by atoms with van der Waals surface area (Å²) in [6.45, 7) is 2.02. The van der Waals surface area contributed by atoms with Gasteiger partial charge in [-0.3, -0.25) is 14.4 Å². The monoisotopic (exact) mass is 346 g/mol. The number of carbonyl (C=O) groups excluding carboxylic acids is 3. The Kier molecular flexibility index (Phi) is 4.67. The molecule has 1 aromatic rings. The molecule has 3 rings (SSSR count). The van der Waals surface area contributed by atoms with Gasteiger partial charge in [0.1, 0.15) is 11.9 Å². The number of ketones is 1. The number of aromatic nitrogens is 2. The number of likely N-dealkylation sites (tertiary alicyclic amines) is 1. The summed E-state index contributed by atoms with van der Waals surface area (Å²) >= 11 is 0. The van der Waals surface area contributed by atoms with Crippen molar-refractivity contribution in [2.24, 2.45) is 18.4 Å². The van der Waals surface area contributed by atoms with Gasteiger partial charge in [0.2, 0.25) is 11.8 Å². The Morgan fingerprint density at radius 2 is 2.00 bits per heavy atom. The maximum Gasteiger partial charge on any atom is 0.226 e. The molecule has 0 radical (unpaired) electrons. The molecule has 1 N–H and O–H groups in total. The van der Waals surface area contributed by atoms with Crippen LogP contribution in [0.2, 0.25) is 0 Å². The van der Waals surface area contributed by atoms with Gasteiger partial charge in [-0.25, -0.2) is 4.98 Å². The number of nitrogens with zero attached hydrogens (tertiary/aromatic N) is 3. The molecule has 7 heteroatoms. The van der Waals surface area contributed by atoms with Crippen molar-refractivity contribution in [3.63, 3.8) is 0 Å². The number of nitrogens with one attached hydrogen (secondary N) is 1. The van der Waals surface area contributed by atoms with Gasteiger partial charge >= 0.3 is 0 Å². The summed E-state index contributed by atoms with van der Waals surface area (Å²) in [5.41, 5.74) is -0.311. The molecule has 1 aromatic heterocycles. The first-order valence-electron chi connectivity index (χ1n) is 8.87. The van der Waals surface area contributed by atoms with Crippen molar-refractivity contribution in [1.82, 2.24) is 19.8 Å². The van der Waals surface area contributed by atoms with Crippen molar-refractivity contribution in [3.05, 3.63) is 18.2 Å². The molecule has 0 spiro atoms. The lowest BCUT2D eigenvalue weighted by molar-refractivity contribution is -0.132. The van der Waals surface area contributed by atoms with E-state index >= 15 is 0 Å². The van der Waals surface area contributed by atoms with Gasteiger partial charge in [0.05, 0.1) is 12.5 Å². The van der Waals surface area contributed by atoms with E-state index in [2.05, 4.69) is 10.3 Å². The molecule has 0 unspecified atom stereocenters. The van der Waals surface area contributed by atoms with E-state index in [0.29, 0.717) is 5.82 Å². The van der Waals surface area contributed by atoms with Crippen LogP contribution >= 0.6 is 0 Å². The number of hydrogen-bond acceptors (Lipinski definition) is 4. The Morgan fingerprint density at radius 1 is 1.32 bits per heavy atom. The van der Waals surface area contributed by atoms with Crippen LogP contribution in [0.25, 0.3) is 0 Å². The van der Waals surface area contributed by atoms with E-state index in [-0.39, 0.29) is 36.0 Å². The highest BCUT2D eigenvalue weighted by Gasteiger charge is 2.45. The molecular weight excluding hydrogens is 320 g/mol. The second kappa shape index (κ2) is 6.61. The second-order valence-corrected chi connectivity index (χ2v) is 7.57. The number of rotatable bonds is 5.